The molecule has 1 unspecified atom stereocenters. The van der Waals surface area contributed by atoms with Gasteiger partial charge in [-0.3, -0.25) is 14.5 Å². The minimum Gasteiger partial charge on any atom is -0.505 e. The maximum absolute atomic E-state index is 13.6. The molecule has 0 saturated carbocycles. The lowest BCUT2D eigenvalue weighted by molar-refractivity contribution is -0.132. The molecule has 1 N–H and O–H groups in total. The average molecular weight is 589 g/mol. The third-order valence-corrected chi connectivity index (χ3v) is 8.46. The third kappa shape index (κ3) is 5.04. The molecule has 4 heterocycles. The van der Waals surface area contributed by atoms with Gasteiger partial charge >= 0.3 is 11.9 Å². The van der Waals surface area contributed by atoms with Crippen molar-refractivity contribution in [1.29, 1.82) is 0 Å². The van der Waals surface area contributed by atoms with E-state index in [-0.39, 0.29) is 27.0 Å². The molecule has 0 spiro atoms. The van der Waals surface area contributed by atoms with E-state index in [0.29, 0.717) is 35.0 Å². The molecular weight excluding hydrogens is 556 g/mol. The molecule has 1 amide bonds. The number of aromatic nitrogens is 3. The number of aryl methyl sites for hydroxylation is 3. The summed E-state index contributed by atoms with van der Waals surface area (Å²) >= 11 is 0.950. The van der Waals surface area contributed by atoms with Gasteiger partial charge in [0.2, 0.25) is 0 Å². The molecule has 4 aromatic rings. The standard InChI is InChI=1S/C31H32N4O6S/c1-6-7-8-16-41-21-13-11-20(12-14-21)24-22(25(36)23-19(4)34-15-9-10-17(2)28(34)33-23)26(37)29(38)35(24)31-32-18(3)27(42-31)30(39)40-5/h9-15,24,36H,6-8,16H2,1-5H3/b25-22+. The Morgan fingerprint density at radius 2 is 1.81 bits per heavy atom. The van der Waals surface area contributed by atoms with E-state index in [1.54, 1.807) is 38.1 Å². The van der Waals surface area contributed by atoms with Crippen LogP contribution in [-0.4, -0.2) is 50.9 Å². The van der Waals surface area contributed by atoms with Crippen molar-refractivity contribution in [3.63, 3.8) is 0 Å². The highest BCUT2D eigenvalue weighted by Crippen LogP contribution is 2.44. The average Bonchev–Trinajstić information content (AvgIpc) is 3.62. The predicted molar refractivity (Wildman–Crippen MR) is 159 cm³/mol. The summed E-state index contributed by atoms with van der Waals surface area (Å²) in [7, 11) is 1.26. The van der Waals surface area contributed by atoms with Crippen LogP contribution in [0.5, 0.6) is 5.75 Å². The topological polar surface area (TPSA) is 123 Å². The van der Waals surface area contributed by atoms with Crippen molar-refractivity contribution in [2.75, 3.05) is 18.6 Å². The molecule has 1 aliphatic heterocycles. The molecule has 10 nitrogen and oxygen atoms in total. The molecule has 218 valence electrons. The van der Waals surface area contributed by atoms with Gasteiger partial charge in [0.15, 0.2) is 10.9 Å². The highest BCUT2D eigenvalue weighted by molar-refractivity contribution is 7.17. The van der Waals surface area contributed by atoms with Gasteiger partial charge in [0.05, 0.1) is 36.7 Å². The summed E-state index contributed by atoms with van der Waals surface area (Å²) in [6.07, 6.45) is 4.90. The van der Waals surface area contributed by atoms with Crippen LogP contribution in [-0.2, 0) is 14.3 Å². The first-order valence-electron chi connectivity index (χ1n) is 13.7. The summed E-state index contributed by atoms with van der Waals surface area (Å²) in [6, 6.07) is 9.81. The van der Waals surface area contributed by atoms with Crippen molar-refractivity contribution in [2.24, 2.45) is 0 Å². The van der Waals surface area contributed by atoms with Gasteiger partial charge in [-0.05, 0) is 56.5 Å². The van der Waals surface area contributed by atoms with Gasteiger partial charge in [-0.2, -0.15) is 0 Å². The van der Waals surface area contributed by atoms with Crippen LogP contribution in [0.25, 0.3) is 11.4 Å². The third-order valence-electron chi connectivity index (χ3n) is 7.33. The van der Waals surface area contributed by atoms with Crippen molar-refractivity contribution in [2.45, 2.75) is 53.0 Å². The Balaban J connectivity index is 1.65. The van der Waals surface area contributed by atoms with Crippen molar-refractivity contribution in [3.8, 4) is 5.75 Å². The number of thiazole rings is 1. The monoisotopic (exact) mass is 588 g/mol. The minimum atomic E-state index is -1.03. The number of anilines is 1. The molecule has 1 saturated heterocycles. The van der Waals surface area contributed by atoms with Crippen molar-refractivity contribution in [1.82, 2.24) is 14.4 Å². The van der Waals surface area contributed by atoms with Crippen molar-refractivity contribution in [3.05, 3.63) is 81.3 Å². The number of pyridine rings is 1. The normalized spacial score (nSPS) is 16.4. The number of nitrogens with zero attached hydrogens (tertiary/aromatic N) is 4. The first-order valence-corrected chi connectivity index (χ1v) is 14.5. The molecule has 0 bridgehead atoms. The van der Waals surface area contributed by atoms with Crippen LogP contribution in [0.1, 0.15) is 70.1 Å². The smallest absolute Gasteiger partial charge is 0.350 e. The zero-order valence-corrected chi connectivity index (χ0v) is 24.9. The highest BCUT2D eigenvalue weighted by atomic mass is 32.1. The number of ether oxygens (including phenoxy) is 2. The number of carbonyl (C=O) groups is 3. The van der Waals surface area contributed by atoms with Crippen molar-refractivity contribution < 1.29 is 29.0 Å². The number of unbranched alkanes of at least 4 members (excludes halogenated alkanes) is 2. The van der Waals surface area contributed by atoms with Crippen LogP contribution in [0.3, 0.4) is 0 Å². The zero-order chi connectivity index (χ0) is 30.1. The first kappa shape index (κ1) is 29.0. The lowest BCUT2D eigenvalue weighted by Gasteiger charge is -2.23. The fourth-order valence-corrected chi connectivity index (χ4v) is 6.09. The summed E-state index contributed by atoms with van der Waals surface area (Å²) in [5.41, 5.74) is 3.14. The summed E-state index contributed by atoms with van der Waals surface area (Å²) < 4.78 is 12.6. The zero-order valence-electron chi connectivity index (χ0n) is 24.1. The number of esters is 1. The number of aliphatic hydroxyl groups excluding tert-OH is 1. The van der Waals surface area contributed by atoms with Crippen LogP contribution in [0.2, 0.25) is 0 Å². The highest BCUT2D eigenvalue weighted by Gasteiger charge is 2.49. The molecule has 3 aromatic heterocycles. The molecule has 5 rings (SSSR count). The van der Waals surface area contributed by atoms with Crippen LogP contribution in [0.4, 0.5) is 5.13 Å². The van der Waals surface area contributed by atoms with Gasteiger partial charge in [0, 0.05) is 6.20 Å². The van der Waals surface area contributed by atoms with Crippen LogP contribution >= 0.6 is 11.3 Å². The second-order valence-corrected chi connectivity index (χ2v) is 11.1. The van der Waals surface area contributed by atoms with Gasteiger partial charge in [-0.1, -0.05) is 49.3 Å². The van der Waals surface area contributed by atoms with Crippen molar-refractivity contribution >= 4 is 45.5 Å². The lowest BCUT2D eigenvalue weighted by Crippen LogP contribution is -2.29. The maximum Gasteiger partial charge on any atom is 0.350 e. The van der Waals surface area contributed by atoms with Crippen LogP contribution in [0, 0.1) is 20.8 Å². The molecule has 42 heavy (non-hydrogen) atoms. The number of hydrogen-bond donors (Lipinski definition) is 1. The Labute approximate surface area is 247 Å². The predicted octanol–water partition coefficient (Wildman–Crippen LogP) is 5.70. The molecule has 0 radical (unpaired) electrons. The second-order valence-electron chi connectivity index (χ2n) is 10.1. The fourth-order valence-electron chi connectivity index (χ4n) is 5.07. The number of methoxy groups -OCH3 is 1. The second kappa shape index (κ2) is 11.8. The number of hydrogen-bond acceptors (Lipinski definition) is 9. The maximum atomic E-state index is 13.6. The molecule has 1 atom stereocenters. The number of rotatable bonds is 9. The van der Waals surface area contributed by atoms with Gasteiger partial charge in [-0.25, -0.2) is 14.8 Å². The first-order chi connectivity index (χ1) is 20.2. The summed E-state index contributed by atoms with van der Waals surface area (Å²) in [5.74, 6) is -2.08. The van der Waals surface area contributed by atoms with Gasteiger partial charge < -0.3 is 19.0 Å². The Morgan fingerprint density at radius 1 is 1.07 bits per heavy atom. The summed E-state index contributed by atoms with van der Waals surface area (Å²) in [4.78, 5) is 50.1. The number of imidazole rings is 1. The number of benzene rings is 1. The molecular formula is C31H32N4O6S. The Hall–Kier alpha value is -4.51. The van der Waals surface area contributed by atoms with Crippen LogP contribution in [0.15, 0.2) is 48.2 Å². The lowest BCUT2D eigenvalue weighted by atomic mass is 9.96. The van der Waals surface area contributed by atoms with Gasteiger partial charge in [0.25, 0.3) is 5.78 Å². The fraction of sp³-hybridized carbons (Fsp3) is 0.323. The SMILES string of the molecule is CCCCCOc1ccc(C2/C(=C(\O)c3nc4c(C)cccn4c3C)C(=O)C(=O)N2c2nc(C)c(C(=O)OC)s2)cc1. The Kier molecular flexibility index (Phi) is 8.13. The summed E-state index contributed by atoms with van der Waals surface area (Å²) in [5, 5.41) is 11.8. The molecule has 1 aromatic carbocycles. The molecule has 11 heteroatoms. The van der Waals surface area contributed by atoms with E-state index >= 15 is 0 Å². The Bertz CT molecular complexity index is 1720. The van der Waals surface area contributed by atoms with E-state index in [1.807, 2.05) is 29.7 Å². The van der Waals surface area contributed by atoms with E-state index in [0.717, 1.165) is 36.2 Å². The number of ketones is 1. The quantitative estimate of drug-likeness (QED) is 0.0869. The Morgan fingerprint density at radius 3 is 2.48 bits per heavy atom. The molecule has 1 aliphatic rings. The molecule has 1 fully saturated rings. The van der Waals surface area contributed by atoms with E-state index < -0.39 is 23.7 Å². The number of amides is 1. The minimum absolute atomic E-state index is 0.117. The number of aliphatic hydroxyl groups is 1. The number of carbonyl (C=O) groups excluding carboxylic acids is 3. The van der Waals surface area contributed by atoms with E-state index in [2.05, 4.69) is 16.9 Å². The number of fused-ring (bicyclic) bond motifs is 1. The van der Waals surface area contributed by atoms with E-state index in [1.165, 1.54) is 12.0 Å². The molecule has 0 aliphatic carbocycles. The largest absolute Gasteiger partial charge is 0.505 e. The van der Waals surface area contributed by atoms with E-state index in [4.69, 9.17) is 9.47 Å². The van der Waals surface area contributed by atoms with E-state index in [9.17, 15) is 19.5 Å². The van der Waals surface area contributed by atoms with Gasteiger partial charge in [-0.15, -0.1) is 0 Å². The number of Topliss-reactive ketones (excluding diaryl/α,β-unsaturated/α-hetero) is 1. The van der Waals surface area contributed by atoms with Crippen LogP contribution < -0.4 is 9.64 Å². The van der Waals surface area contributed by atoms with Gasteiger partial charge in [0.1, 0.15) is 22.0 Å². The summed E-state index contributed by atoms with van der Waals surface area (Å²) in [6.45, 7) is 8.02.